The molecule has 2 aromatic rings. The fraction of sp³-hybridized carbons (Fsp3) is 0.286. The first-order chi connectivity index (χ1) is 9.11. The summed E-state index contributed by atoms with van der Waals surface area (Å²) >= 11 is 6.52. The fourth-order valence-electron chi connectivity index (χ4n) is 1.85. The van der Waals surface area contributed by atoms with Crippen LogP contribution in [-0.2, 0) is 0 Å². The van der Waals surface area contributed by atoms with Gasteiger partial charge in [0, 0.05) is 0 Å². The Kier molecular flexibility index (Phi) is 5.19. The summed E-state index contributed by atoms with van der Waals surface area (Å²) in [4.78, 5) is 0. The van der Waals surface area contributed by atoms with Crippen LogP contribution in [0.15, 0.2) is 43.9 Å². The number of rotatable bonds is 5. The van der Waals surface area contributed by atoms with Crippen molar-refractivity contribution in [3.05, 3.63) is 56.6 Å². The van der Waals surface area contributed by atoms with Crippen molar-refractivity contribution in [2.45, 2.75) is 19.4 Å². The Bertz CT molecular complexity index is 556. The molecule has 5 heteroatoms. The molecule has 0 fully saturated rings. The molecule has 2 nitrogen and oxygen atoms in total. The molecule has 0 saturated carbocycles. The van der Waals surface area contributed by atoms with E-state index in [-0.39, 0.29) is 11.9 Å². The topological polar surface area (TPSA) is 25.2 Å². The Balaban J connectivity index is 2.33. The van der Waals surface area contributed by atoms with Crippen LogP contribution < -0.4 is 5.32 Å². The minimum Gasteiger partial charge on any atom is -0.452 e. The Hall–Kier alpha value is -0.650. The molecule has 0 radical (unpaired) electrons. The van der Waals surface area contributed by atoms with Crippen LogP contribution in [0.5, 0.6) is 0 Å². The van der Waals surface area contributed by atoms with Crippen LogP contribution in [0.4, 0.5) is 4.39 Å². The smallest absolute Gasteiger partial charge is 0.169 e. The Morgan fingerprint density at radius 3 is 2.63 bits per heavy atom. The first kappa shape index (κ1) is 14.8. The molecular weight excluding hydrogens is 377 g/mol. The normalized spacial score (nSPS) is 12.6. The minimum atomic E-state index is -0.265. The van der Waals surface area contributed by atoms with E-state index in [1.54, 1.807) is 12.1 Å². The van der Waals surface area contributed by atoms with Gasteiger partial charge in [-0.15, -0.1) is 0 Å². The lowest BCUT2D eigenvalue weighted by atomic mass is 10.0. The van der Waals surface area contributed by atoms with Crippen LogP contribution in [0.1, 0.15) is 30.7 Å². The second-order valence-electron chi connectivity index (χ2n) is 4.20. The van der Waals surface area contributed by atoms with Crippen molar-refractivity contribution in [2.75, 3.05) is 6.54 Å². The van der Waals surface area contributed by atoms with Crippen LogP contribution in [-0.4, -0.2) is 6.54 Å². The van der Waals surface area contributed by atoms with Crippen molar-refractivity contribution in [1.29, 1.82) is 0 Å². The highest BCUT2D eigenvalue weighted by molar-refractivity contribution is 9.10. The molecule has 1 unspecified atom stereocenters. The second-order valence-corrected chi connectivity index (χ2v) is 5.84. The monoisotopic (exact) mass is 389 g/mol. The average Bonchev–Trinajstić information content (AvgIpc) is 2.80. The molecule has 0 aliphatic carbocycles. The molecule has 1 aromatic carbocycles. The zero-order valence-corrected chi connectivity index (χ0v) is 13.6. The van der Waals surface area contributed by atoms with Gasteiger partial charge < -0.3 is 9.73 Å². The van der Waals surface area contributed by atoms with Crippen LogP contribution >= 0.6 is 31.9 Å². The standard InChI is InChI=1S/C14H14Br2FNO/c1-2-7-18-14(12-5-6-13(16)19-12)9-3-4-11(17)10(15)8-9/h3-6,8,14,18H,2,7H2,1H3. The highest BCUT2D eigenvalue weighted by atomic mass is 79.9. The van der Waals surface area contributed by atoms with Gasteiger partial charge in [-0.2, -0.15) is 0 Å². The fourth-order valence-corrected chi connectivity index (χ4v) is 2.56. The minimum absolute atomic E-state index is 0.0804. The van der Waals surface area contributed by atoms with E-state index in [2.05, 4.69) is 44.1 Å². The predicted molar refractivity (Wildman–Crippen MR) is 80.6 cm³/mol. The van der Waals surface area contributed by atoms with Crippen LogP contribution in [0, 0.1) is 5.82 Å². The van der Waals surface area contributed by atoms with Crippen molar-refractivity contribution >= 4 is 31.9 Å². The maximum absolute atomic E-state index is 13.3. The molecule has 0 aliphatic heterocycles. The third-order valence-electron chi connectivity index (χ3n) is 2.75. The van der Waals surface area contributed by atoms with Crippen LogP contribution in [0.3, 0.4) is 0 Å². The second kappa shape index (κ2) is 6.68. The van der Waals surface area contributed by atoms with Gasteiger partial charge in [-0.25, -0.2) is 4.39 Å². The SMILES string of the molecule is CCCNC(c1ccc(F)c(Br)c1)c1ccc(Br)o1. The highest BCUT2D eigenvalue weighted by Crippen LogP contribution is 2.28. The molecule has 0 aliphatic rings. The molecule has 0 saturated heterocycles. The molecule has 1 N–H and O–H groups in total. The molecule has 1 aromatic heterocycles. The van der Waals surface area contributed by atoms with E-state index in [0.717, 1.165) is 24.3 Å². The van der Waals surface area contributed by atoms with E-state index >= 15 is 0 Å². The quantitative estimate of drug-likeness (QED) is 0.774. The van der Waals surface area contributed by atoms with E-state index in [0.29, 0.717) is 9.14 Å². The van der Waals surface area contributed by atoms with Gasteiger partial charge in [0.1, 0.15) is 11.6 Å². The van der Waals surface area contributed by atoms with E-state index < -0.39 is 0 Å². The largest absolute Gasteiger partial charge is 0.452 e. The predicted octanol–water partition coefficient (Wildman–Crippen LogP) is 5.03. The molecular formula is C14H14Br2FNO. The van der Waals surface area contributed by atoms with Gasteiger partial charge in [-0.1, -0.05) is 13.0 Å². The molecule has 19 heavy (non-hydrogen) atoms. The summed E-state index contributed by atoms with van der Waals surface area (Å²) in [5, 5.41) is 3.40. The summed E-state index contributed by atoms with van der Waals surface area (Å²) in [6.45, 7) is 2.96. The van der Waals surface area contributed by atoms with Crippen molar-refractivity contribution in [1.82, 2.24) is 5.32 Å². The summed E-state index contributed by atoms with van der Waals surface area (Å²) in [6, 6.07) is 8.69. The van der Waals surface area contributed by atoms with E-state index in [4.69, 9.17) is 4.42 Å². The van der Waals surface area contributed by atoms with Gasteiger partial charge in [0.25, 0.3) is 0 Å². The highest BCUT2D eigenvalue weighted by Gasteiger charge is 2.18. The van der Waals surface area contributed by atoms with Gasteiger partial charge >= 0.3 is 0 Å². The molecule has 0 bridgehead atoms. The number of benzene rings is 1. The van der Waals surface area contributed by atoms with E-state index in [9.17, 15) is 4.39 Å². The average molecular weight is 391 g/mol. The number of halogens is 3. The van der Waals surface area contributed by atoms with Crippen molar-refractivity contribution in [2.24, 2.45) is 0 Å². The maximum atomic E-state index is 13.3. The van der Waals surface area contributed by atoms with Gasteiger partial charge in [-0.05, 0) is 74.7 Å². The zero-order chi connectivity index (χ0) is 13.8. The lowest BCUT2D eigenvalue weighted by Crippen LogP contribution is -2.22. The molecule has 1 atom stereocenters. The molecule has 0 amide bonds. The summed E-state index contributed by atoms with van der Waals surface area (Å²) in [7, 11) is 0. The van der Waals surface area contributed by atoms with E-state index in [1.165, 1.54) is 6.07 Å². The van der Waals surface area contributed by atoms with Crippen molar-refractivity contribution in [3.63, 3.8) is 0 Å². The Labute approximate surface area is 128 Å². The number of hydrogen-bond donors (Lipinski definition) is 1. The molecule has 1 heterocycles. The first-order valence-corrected chi connectivity index (χ1v) is 7.64. The number of hydrogen-bond acceptors (Lipinski definition) is 2. The molecule has 2 rings (SSSR count). The lowest BCUT2D eigenvalue weighted by Gasteiger charge is -2.17. The van der Waals surface area contributed by atoms with Crippen LogP contribution in [0.25, 0.3) is 0 Å². The van der Waals surface area contributed by atoms with Crippen molar-refractivity contribution in [3.8, 4) is 0 Å². The molecule has 102 valence electrons. The molecule has 0 spiro atoms. The Morgan fingerprint density at radius 1 is 1.26 bits per heavy atom. The van der Waals surface area contributed by atoms with E-state index in [1.807, 2.05) is 12.1 Å². The third kappa shape index (κ3) is 3.68. The summed E-state index contributed by atoms with van der Waals surface area (Å²) < 4.78 is 20.1. The zero-order valence-electron chi connectivity index (χ0n) is 10.4. The number of furan rings is 1. The first-order valence-electron chi connectivity index (χ1n) is 6.05. The third-order valence-corrected chi connectivity index (χ3v) is 3.79. The van der Waals surface area contributed by atoms with Crippen molar-refractivity contribution < 1.29 is 8.81 Å². The van der Waals surface area contributed by atoms with Crippen LogP contribution in [0.2, 0.25) is 0 Å². The maximum Gasteiger partial charge on any atom is 0.169 e. The van der Waals surface area contributed by atoms with Gasteiger partial charge in [0.05, 0.1) is 10.5 Å². The summed E-state index contributed by atoms with van der Waals surface area (Å²) in [5.74, 6) is 0.539. The lowest BCUT2D eigenvalue weighted by molar-refractivity contribution is 0.432. The Morgan fingerprint density at radius 2 is 2.05 bits per heavy atom. The summed E-state index contributed by atoms with van der Waals surface area (Å²) in [6.07, 6.45) is 1.01. The summed E-state index contributed by atoms with van der Waals surface area (Å²) in [5.41, 5.74) is 0.962. The van der Waals surface area contributed by atoms with Gasteiger partial charge in [-0.3, -0.25) is 0 Å². The van der Waals surface area contributed by atoms with Gasteiger partial charge in [0.15, 0.2) is 4.67 Å². The van der Waals surface area contributed by atoms with Gasteiger partial charge in [0.2, 0.25) is 0 Å². The number of nitrogens with one attached hydrogen (secondary N) is 1.